The van der Waals surface area contributed by atoms with Crippen LogP contribution in [0.2, 0.25) is 0 Å². The van der Waals surface area contributed by atoms with Gasteiger partial charge in [0.05, 0.1) is 10.5 Å². The second-order valence-corrected chi connectivity index (χ2v) is 4.64. The molecule has 1 fully saturated rings. The molecule has 0 aromatic heterocycles. The Kier molecular flexibility index (Phi) is 3.66. The number of likely N-dealkylation sites (tertiary alicyclic amines) is 1. The number of carbonyl (C=O) groups is 1. The number of nitrogen functional groups attached to an aromatic ring is 1. The van der Waals surface area contributed by atoms with Crippen molar-refractivity contribution < 1.29 is 9.72 Å². The highest BCUT2D eigenvalue weighted by molar-refractivity contribution is 6.01. The molecule has 1 aromatic rings. The van der Waals surface area contributed by atoms with Crippen LogP contribution in [0.4, 0.5) is 11.4 Å². The van der Waals surface area contributed by atoms with E-state index in [0.717, 1.165) is 6.42 Å². The molecule has 1 aliphatic rings. The number of nitro benzene ring substituents is 1. The third kappa shape index (κ3) is 2.50. The second kappa shape index (κ2) is 5.23. The number of hydrogen-bond donors (Lipinski definition) is 2. The first kappa shape index (κ1) is 13.3. The van der Waals surface area contributed by atoms with Crippen LogP contribution < -0.4 is 11.5 Å². The average Bonchev–Trinajstić information content (AvgIpc) is 2.86. The van der Waals surface area contributed by atoms with Crippen LogP contribution in [0.1, 0.15) is 16.8 Å². The summed E-state index contributed by atoms with van der Waals surface area (Å²) in [6, 6.07) is 4.28. The molecule has 1 saturated heterocycles. The second-order valence-electron chi connectivity index (χ2n) is 4.64. The van der Waals surface area contributed by atoms with Crippen molar-refractivity contribution in [2.45, 2.75) is 6.42 Å². The van der Waals surface area contributed by atoms with Gasteiger partial charge in [0.25, 0.3) is 11.6 Å². The van der Waals surface area contributed by atoms with Gasteiger partial charge in [-0.15, -0.1) is 0 Å². The summed E-state index contributed by atoms with van der Waals surface area (Å²) in [5.41, 5.74) is 11.2. The van der Waals surface area contributed by atoms with Crippen LogP contribution in [-0.4, -0.2) is 35.4 Å². The maximum Gasteiger partial charge on any atom is 0.292 e. The Balaban J connectivity index is 2.25. The number of carbonyl (C=O) groups excluding carboxylic acids is 1. The van der Waals surface area contributed by atoms with Gasteiger partial charge in [0.15, 0.2) is 0 Å². The molecule has 0 aliphatic carbocycles. The van der Waals surface area contributed by atoms with Crippen molar-refractivity contribution in [2.24, 2.45) is 11.7 Å². The van der Waals surface area contributed by atoms with Crippen molar-refractivity contribution in [3.8, 4) is 0 Å². The Labute approximate surface area is 110 Å². The normalized spacial score (nSPS) is 18.6. The minimum atomic E-state index is -0.585. The Hall–Kier alpha value is -2.15. The summed E-state index contributed by atoms with van der Waals surface area (Å²) in [5.74, 6) is 0.0287. The number of anilines is 1. The first-order chi connectivity index (χ1) is 9.04. The van der Waals surface area contributed by atoms with E-state index >= 15 is 0 Å². The van der Waals surface area contributed by atoms with E-state index in [4.69, 9.17) is 11.5 Å². The van der Waals surface area contributed by atoms with Crippen LogP contribution in [0.25, 0.3) is 0 Å². The standard InChI is InChI=1S/C12H16N4O3/c13-6-8-4-5-15(7-8)12(17)9-2-1-3-10(11(9)14)16(18)19/h1-3,8H,4-7,13-14H2. The first-order valence-corrected chi connectivity index (χ1v) is 6.06. The average molecular weight is 264 g/mol. The van der Waals surface area contributed by atoms with Crippen LogP contribution in [0, 0.1) is 16.0 Å². The minimum Gasteiger partial charge on any atom is -0.393 e. The van der Waals surface area contributed by atoms with Gasteiger partial charge in [0.2, 0.25) is 0 Å². The number of nitrogens with zero attached hydrogens (tertiary/aromatic N) is 2. The van der Waals surface area contributed by atoms with E-state index < -0.39 is 4.92 Å². The van der Waals surface area contributed by atoms with Crippen molar-refractivity contribution in [1.29, 1.82) is 0 Å². The number of hydrogen-bond acceptors (Lipinski definition) is 5. The maximum absolute atomic E-state index is 12.3. The molecule has 1 amide bonds. The summed E-state index contributed by atoms with van der Waals surface area (Å²) in [6.45, 7) is 1.73. The molecule has 0 bridgehead atoms. The number of nitro groups is 1. The fourth-order valence-electron chi connectivity index (χ4n) is 2.28. The van der Waals surface area contributed by atoms with E-state index in [1.165, 1.54) is 18.2 Å². The molecule has 7 nitrogen and oxygen atoms in total. The zero-order valence-corrected chi connectivity index (χ0v) is 10.4. The fourth-order valence-corrected chi connectivity index (χ4v) is 2.28. The smallest absolute Gasteiger partial charge is 0.292 e. The molecule has 1 aliphatic heterocycles. The molecule has 0 spiro atoms. The zero-order valence-electron chi connectivity index (χ0n) is 10.4. The fraction of sp³-hybridized carbons (Fsp3) is 0.417. The van der Waals surface area contributed by atoms with Crippen LogP contribution in [0.15, 0.2) is 18.2 Å². The number of rotatable bonds is 3. The monoisotopic (exact) mass is 264 g/mol. The Morgan fingerprint density at radius 1 is 1.53 bits per heavy atom. The molecular weight excluding hydrogens is 248 g/mol. The van der Waals surface area contributed by atoms with Crippen molar-refractivity contribution in [1.82, 2.24) is 4.90 Å². The van der Waals surface area contributed by atoms with Crippen LogP contribution in [0.5, 0.6) is 0 Å². The third-order valence-electron chi connectivity index (χ3n) is 3.42. The van der Waals surface area contributed by atoms with E-state index in [1.54, 1.807) is 4.90 Å². The molecular formula is C12H16N4O3. The quantitative estimate of drug-likeness (QED) is 0.471. The van der Waals surface area contributed by atoms with E-state index in [2.05, 4.69) is 0 Å². The highest BCUT2D eigenvalue weighted by atomic mass is 16.6. The van der Waals surface area contributed by atoms with Crippen molar-refractivity contribution >= 4 is 17.3 Å². The summed E-state index contributed by atoms with van der Waals surface area (Å²) in [6.07, 6.45) is 0.858. The van der Waals surface area contributed by atoms with Gasteiger partial charge in [-0.3, -0.25) is 14.9 Å². The van der Waals surface area contributed by atoms with Gasteiger partial charge < -0.3 is 16.4 Å². The van der Waals surface area contributed by atoms with E-state index in [1.807, 2.05) is 0 Å². The lowest BCUT2D eigenvalue weighted by Crippen LogP contribution is -2.30. The van der Waals surface area contributed by atoms with Gasteiger partial charge in [-0.2, -0.15) is 0 Å². The summed E-state index contributed by atoms with van der Waals surface area (Å²) < 4.78 is 0. The molecule has 4 N–H and O–H groups in total. The molecule has 1 aromatic carbocycles. The third-order valence-corrected chi connectivity index (χ3v) is 3.42. The van der Waals surface area contributed by atoms with Gasteiger partial charge in [-0.25, -0.2) is 0 Å². The zero-order chi connectivity index (χ0) is 14.0. The highest BCUT2D eigenvalue weighted by Crippen LogP contribution is 2.27. The lowest BCUT2D eigenvalue weighted by Gasteiger charge is -2.17. The minimum absolute atomic E-state index is 0.0753. The molecule has 19 heavy (non-hydrogen) atoms. The van der Waals surface area contributed by atoms with E-state index in [9.17, 15) is 14.9 Å². The molecule has 0 radical (unpaired) electrons. The van der Waals surface area contributed by atoms with Gasteiger partial charge in [0.1, 0.15) is 5.69 Å². The molecule has 1 unspecified atom stereocenters. The Morgan fingerprint density at radius 3 is 2.84 bits per heavy atom. The molecule has 1 heterocycles. The lowest BCUT2D eigenvalue weighted by atomic mass is 10.1. The number of para-hydroxylation sites is 1. The van der Waals surface area contributed by atoms with Crippen molar-refractivity contribution in [3.05, 3.63) is 33.9 Å². The maximum atomic E-state index is 12.3. The number of nitrogens with two attached hydrogens (primary N) is 2. The number of benzene rings is 1. The SMILES string of the molecule is NCC1CCN(C(=O)c2cccc([N+](=O)[O-])c2N)C1. The highest BCUT2D eigenvalue weighted by Gasteiger charge is 2.28. The number of amides is 1. The summed E-state index contributed by atoms with van der Waals surface area (Å²) in [7, 11) is 0. The summed E-state index contributed by atoms with van der Waals surface area (Å²) in [4.78, 5) is 24.1. The largest absolute Gasteiger partial charge is 0.393 e. The summed E-state index contributed by atoms with van der Waals surface area (Å²) >= 11 is 0. The van der Waals surface area contributed by atoms with Gasteiger partial charge in [-0.05, 0) is 24.9 Å². The Morgan fingerprint density at radius 2 is 2.26 bits per heavy atom. The molecule has 0 saturated carbocycles. The molecule has 102 valence electrons. The van der Waals surface area contributed by atoms with Crippen LogP contribution in [0.3, 0.4) is 0 Å². The predicted molar refractivity (Wildman–Crippen MR) is 70.6 cm³/mol. The van der Waals surface area contributed by atoms with Gasteiger partial charge in [0, 0.05) is 19.2 Å². The molecule has 1 atom stereocenters. The summed E-state index contributed by atoms with van der Waals surface area (Å²) in [5, 5.41) is 10.8. The van der Waals surface area contributed by atoms with Crippen molar-refractivity contribution in [2.75, 3.05) is 25.4 Å². The molecule has 2 rings (SSSR count). The topological polar surface area (TPSA) is 115 Å². The van der Waals surface area contributed by atoms with Crippen LogP contribution in [-0.2, 0) is 0 Å². The first-order valence-electron chi connectivity index (χ1n) is 6.06. The van der Waals surface area contributed by atoms with Crippen molar-refractivity contribution in [3.63, 3.8) is 0 Å². The predicted octanol–water partition coefficient (Wildman–Crippen LogP) is 0.598. The van der Waals surface area contributed by atoms with Gasteiger partial charge in [-0.1, -0.05) is 6.07 Å². The lowest BCUT2D eigenvalue weighted by molar-refractivity contribution is -0.383. The van der Waals surface area contributed by atoms with Gasteiger partial charge >= 0.3 is 0 Å². The van der Waals surface area contributed by atoms with E-state index in [0.29, 0.717) is 25.6 Å². The molecule has 7 heteroatoms. The Bertz CT molecular complexity index is 518. The van der Waals surface area contributed by atoms with Crippen LogP contribution >= 0.6 is 0 Å². The van der Waals surface area contributed by atoms with E-state index in [-0.39, 0.29) is 22.8 Å².